The third kappa shape index (κ3) is 3.19. The lowest BCUT2D eigenvalue weighted by molar-refractivity contribution is 0.279. The highest BCUT2D eigenvalue weighted by molar-refractivity contribution is 5.63. The van der Waals surface area contributed by atoms with Gasteiger partial charge in [-0.25, -0.2) is 13.8 Å². The number of anilines is 1. The fourth-order valence-electron chi connectivity index (χ4n) is 2.91. The van der Waals surface area contributed by atoms with Crippen LogP contribution in [-0.2, 0) is 0 Å². The van der Waals surface area contributed by atoms with Gasteiger partial charge in [0.1, 0.15) is 5.82 Å². The van der Waals surface area contributed by atoms with Gasteiger partial charge in [-0.1, -0.05) is 19.9 Å². The maximum absolute atomic E-state index is 14.0. The molecule has 0 aliphatic carbocycles. The van der Waals surface area contributed by atoms with Crippen LogP contribution in [0.5, 0.6) is 0 Å². The molecule has 2 heterocycles. The molecule has 0 radical (unpaired) electrons. The second-order valence-corrected chi connectivity index (χ2v) is 6.91. The van der Waals surface area contributed by atoms with Gasteiger partial charge in [-0.2, -0.15) is 0 Å². The molecule has 5 heteroatoms. The van der Waals surface area contributed by atoms with Crippen LogP contribution in [0.4, 0.5) is 14.6 Å². The lowest BCUT2D eigenvalue weighted by atomic mass is 9.83. The molecule has 3 nitrogen and oxygen atoms in total. The number of rotatable bonds is 2. The highest BCUT2D eigenvalue weighted by Crippen LogP contribution is 2.32. The Bertz CT molecular complexity index is 718. The third-order valence-corrected chi connectivity index (χ3v) is 4.58. The summed E-state index contributed by atoms with van der Waals surface area (Å²) in [5.74, 6) is -0.943. The highest BCUT2D eigenvalue weighted by atomic mass is 19.2. The van der Waals surface area contributed by atoms with E-state index in [-0.39, 0.29) is 5.56 Å². The van der Waals surface area contributed by atoms with Crippen LogP contribution in [0.3, 0.4) is 0 Å². The van der Waals surface area contributed by atoms with Gasteiger partial charge in [0.25, 0.3) is 0 Å². The van der Waals surface area contributed by atoms with Crippen molar-refractivity contribution in [1.29, 1.82) is 0 Å². The molecule has 23 heavy (non-hydrogen) atoms. The molecule has 1 aromatic carbocycles. The molecule has 0 amide bonds. The minimum absolute atomic E-state index is 0.154. The summed E-state index contributed by atoms with van der Waals surface area (Å²) in [7, 11) is 0. The van der Waals surface area contributed by atoms with Gasteiger partial charge in [-0.3, -0.25) is 4.98 Å². The molecule has 3 rings (SSSR count). The van der Waals surface area contributed by atoms with E-state index in [0.717, 1.165) is 37.8 Å². The van der Waals surface area contributed by atoms with E-state index in [1.807, 2.05) is 0 Å². The summed E-state index contributed by atoms with van der Waals surface area (Å²) in [6.45, 7) is 8.21. The van der Waals surface area contributed by atoms with Gasteiger partial charge in [-0.05, 0) is 37.3 Å². The molecule has 122 valence electrons. The fourth-order valence-corrected chi connectivity index (χ4v) is 2.91. The Morgan fingerprint density at radius 2 is 1.83 bits per heavy atom. The SMILES string of the molecule is Cc1nc(N2CCC(C)(C)CC2)cnc1-c1cccc(F)c1F. The van der Waals surface area contributed by atoms with Crippen molar-refractivity contribution in [3.8, 4) is 11.3 Å². The first-order valence-electron chi connectivity index (χ1n) is 7.90. The Hall–Kier alpha value is -2.04. The highest BCUT2D eigenvalue weighted by Gasteiger charge is 2.26. The van der Waals surface area contributed by atoms with Gasteiger partial charge in [0.2, 0.25) is 0 Å². The standard InChI is InChI=1S/C18H21F2N3/c1-12-17(13-5-4-6-14(19)16(13)20)21-11-15(22-12)23-9-7-18(2,3)8-10-23/h4-6,11H,7-10H2,1-3H3. The minimum Gasteiger partial charge on any atom is -0.355 e. The molecule has 0 saturated carbocycles. The molecular formula is C18H21F2N3. The molecular weight excluding hydrogens is 296 g/mol. The molecule has 1 fully saturated rings. The van der Waals surface area contributed by atoms with Gasteiger partial charge in [0.15, 0.2) is 11.6 Å². The Morgan fingerprint density at radius 3 is 2.48 bits per heavy atom. The van der Waals surface area contributed by atoms with Crippen molar-refractivity contribution in [2.45, 2.75) is 33.6 Å². The van der Waals surface area contributed by atoms with Crippen molar-refractivity contribution in [2.75, 3.05) is 18.0 Å². The van der Waals surface area contributed by atoms with E-state index < -0.39 is 11.6 Å². The van der Waals surface area contributed by atoms with Gasteiger partial charge in [-0.15, -0.1) is 0 Å². The van der Waals surface area contributed by atoms with Crippen LogP contribution in [0.25, 0.3) is 11.3 Å². The zero-order valence-corrected chi connectivity index (χ0v) is 13.7. The van der Waals surface area contributed by atoms with Gasteiger partial charge < -0.3 is 4.90 Å². The van der Waals surface area contributed by atoms with E-state index in [4.69, 9.17) is 0 Å². The Kier molecular flexibility index (Phi) is 4.04. The Balaban J connectivity index is 1.88. The van der Waals surface area contributed by atoms with Crippen LogP contribution >= 0.6 is 0 Å². The summed E-state index contributed by atoms with van der Waals surface area (Å²) in [5, 5.41) is 0. The summed E-state index contributed by atoms with van der Waals surface area (Å²) in [5.41, 5.74) is 1.52. The molecule has 1 aromatic heterocycles. The van der Waals surface area contributed by atoms with E-state index in [0.29, 0.717) is 16.8 Å². The molecule has 0 unspecified atom stereocenters. The van der Waals surface area contributed by atoms with Crippen LogP contribution in [-0.4, -0.2) is 23.1 Å². The number of benzene rings is 1. The summed E-state index contributed by atoms with van der Waals surface area (Å²) in [6.07, 6.45) is 3.87. The molecule has 2 aromatic rings. The smallest absolute Gasteiger partial charge is 0.168 e. The van der Waals surface area contributed by atoms with Crippen molar-refractivity contribution in [3.05, 3.63) is 41.7 Å². The lowest BCUT2D eigenvalue weighted by Crippen LogP contribution is -2.37. The molecule has 0 bridgehead atoms. The number of aryl methyl sites for hydroxylation is 1. The number of halogens is 2. The number of aromatic nitrogens is 2. The van der Waals surface area contributed by atoms with E-state index in [2.05, 4.69) is 28.7 Å². The van der Waals surface area contributed by atoms with Crippen LogP contribution in [0.1, 0.15) is 32.4 Å². The monoisotopic (exact) mass is 317 g/mol. The zero-order valence-electron chi connectivity index (χ0n) is 13.7. The Labute approximate surface area is 135 Å². The van der Waals surface area contributed by atoms with Crippen molar-refractivity contribution in [3.63, 3.8) is 0 Å². The molecule has 1 aliphatic rings. The molecule has 0 spiro atoms. The van der Waals surface area contributed by atoms with Crippen LogP contribution < -0.4 is 4.90 Å². The van der Waals surface area contributed by atoms with Crippen molar-refractivity contribution >= 4 is 5.82 Å². The molecule has 0 N–H and O–H groups in total. The first-order chi connectivity index (χ1) is 10.9. The molecule has 1 aliphatic heterocycles. The molecule has 1 saturated heterocycles. The van der Waals surface area contributed by atoms with Crippen molar-refractivity contribution in [1.82, 2.24) is 9.97 Å². The van der Waals surface area contributed by atoms with E-state index in [1.54, 1.807) is 13.1 Å². The number of piperidine rings is 1. The minimum atomic E-state index is -0.877. The average molecular weight is 317 g/mol. The third-order valence-electron chi connectivity index (χ3n) is 4.58. The van der Waals surface area contributed by atoms with Crippen molar-refractivity contribution < 1.29 is 8.78 Å². The predicted molar refractivity (Wildman–Crippen MR) is 87.3 cm³/mol. The topological polar surface area (TPSA) is 29.0 Å². The largest absolute Gasteiger partial charge is 0.355 e. The summed E-state index contributed by atoms with van der Waals surface area (Å²) >= 11 is 0. The lowest BCUT2D eigenvalue weighted by Gasteiger charge is -2.37. The van der Waals surface area contributed by atoms with Gasteiger partial charge in [0.05, 0.1) is 17.6 Å². The van der Waals surface area contributed by atoms with E-state index in [1.165, 1.54) is 12.1 Å². The van der Waals surface area contributed by atoms with Crippen molar-refractivity contribution in [2.24, 2.45) is 5.41 Å². The maximum atomic E-state index is 14.0. The Morgan fingerprint density at radius 1 is 1.13 bits per heavy atom. The second kappa shape index (κ2) is 5.87. The zero-order chi connectivity index (χ0) is 16.6. The fraction of sp³-hybridized carbons (Fsp3) is 0.444. The van der Waals surface area contributed by atoms with Gasteiger partial charge in [0, 0.05) is 18.7 Å². The molecule has 0 atom stereocenters. The summed E-state index contributed by atoms with van der Waals surface area (Å²) < 4.78 is 27.4. The first kappa shape index (κ1) is 15.8. The summed E-state index contributed by atoms with van der Waals surface area (Å²) in [4.78, 5) is 11.1. The quantitative estimate of drug-likeness (QED) is 0.824. The normalized spacial score (nSPS) is 17.3. The number of nitrogens with zero attached hydrogens (tertiary/aromatic N) is 3. The maximum Gasteiger partial charge on any atom is 0.168 e. The van der Waals surface area contributed by atoms with Crippen LogP contribution in [0, 0.1) is 24.0 Å². The van der Waals surface area contributed by atoms with Crippen LogP contribution in [0.15, 0.2) is 24.4 Å². The van der Waals surface area contributed by atoms with Crippen LogP contribution in [0.2, 0.25) is 0 Å². The average Bonchev–Trinajstić information content (AvgIpc) is 2.50. The number of hydrogen-bond acceptors (Lipinski definition) is 3. The first-order valence-corrected chi connectivity index (χ1v) is 7.90. The predicted octanol–water partition coefficient (Wildman–Crippen LogP) is 4.36. The van der Waals surface area contributed by atoms with E-state index in [9.17, 15) is 8.78 Å². The second-order valence-electron chi connectivity index (χ2n) is 6.91. The number of hydrogen-bond donors (Lipinski definition) is 0. The van der Waals surface area contributed by atoms with E-state index >= 15 is 0 Å². The summed E-state index contributed by atoms with van der Waals surface area (Å²) in [6, 6.07) is 4.11. The van der Waals surface area contributed by atoms with Gasteiger partial charge >= 0.3 is 0 Å².